The van der Waals surface area contributed by atoms with E-state index < -0.39 is 19.2 Å². The van der Waals surface area contributed by atoms with Crippen molar-refractivity contribution in [1.29, 1.82) is 0 Å². The van der Waals surface area contributed by atoms with Crippen molar-refractivity contribution in [3.05, 3.63) is 12.0 Å². The van der Waals surface area contributed by atoms with Crippen molar-refractivity contribution in [3.8, 4) is 0 Å². The number of hydrogen-bond donors (Lipinski definition) is 1. The third kappa shape index (κ3) is 3.35. The highest BCUT2D eigenvalue weighted by molar-refractivity contribution is 5.86. The molecule has 0 aliphatic carbocycles. The maximum Gasteiger partial charge on any atom is 0.391 e. The van der Waals surface area contributed by atoms with E-state index in [0.717, 1.165) is 5.39 Å². The molecule has 0 bridgehead atoms. The zero-order valence-corrected chi connectivity index (χ0v) is 11.0. The molecule has 1 N–H and O–H groups in total. The van der Waals surface area contributed by atoms with E-state index in [1.807, 2.05) is 0 Å². The molecule has 0 radical (unpaired) electrons. The Balaban J connectivity index is 2.08. The Bertz CT molecular complexity index is 595. The Morgan fingerprint density at radius 3 is 2.75 bits per heavy atom. The molecule has 0 spiro atoms. The largest absolute Gasteiger partial charge is 0.391 e. The van der Waals surface area contributed by atoms with Gasteiger partial charge in [-0.15, -0.1) is 0 Å². The van der Waals surface area contributed by atoms with Crippen LogP contribution in [0.5, 0.6) is 0 Å². The summed E-state index contributed by atoms with van der Waals surface area (Å²) in [5.74, 6) is 0.880. The fraction of sp³-hybridized carbons (Fsp3) is 0.545. The van der Waals surface area contributed by atoms with Crippen molar-refractivity contribution in [2.45, 2.75) is 19.2 Å². The molecule has 0 atom stereocenters. The number of nitrogens with zero attached hydrogens (tertiary/aromatic N) is 4. The minimum absolute atomic E-state index is 0.0775. The fourth-order valence-corrected chi connectivity index (χ4v) is 1.67. The van der Waals surface area contributed by atoms with Crippen LogP contribution >= 0.6 is 0 Å². The van der Waals surface area contributed by atoms with E-state index in [1.165, 1.54) is 0 Å². The molecule has 9 heteroatoms. The second-order valence-electron chi connectivity index (χ2n) is 4.16. The topological polar surface area (TPSA) is 64.9 Å². The molecular weight excluding hydrogens is 275 g/mol. The van der Waals surface area contributed by atoms with Crippen LogP contribution in [0.25, 0.3) is 11.0 Å². The Kier molecular flexibility index (Phi) is 4.07. The zero-order chi connectivity index (χ0) is 14.8. The maximum absolute atomic E-state index is 12.0. The molecule has 0 unspecified atom stereocenters. The molecule has 20 heavy (non-hydrogen) atoms. The second kappa shape index (κ2) is 5.61. The predicted molar refractivity (Wildman–Crippen MR) is 66.2 cm³/mol. The van der Waals surface area contributed by atoms with Gasteiger partial charge in [-0.2, -0.15) is 18.3 Å². The average Bonchev–Trinajstić information content (AvgIpc) is 2.75. The Morgan fingerprint density at radius 2 is 2.10 bits per heavy atom. The number of halogens is 3. The van der Waals surface area contributed by atoms with Crippen LogP contribution in [0.3, 0.4) is 0 Å². The van der Waals surface area contributed by atoms with Crippen LogP contribution < -0.4 is 5.32 Å². The normalized spacial score (nSPS) is 12.1. The Labute approximate surface area is 113 Å². The molecule has 0 saturated heterocycles. The number of hydrogen-bond acceptors (Lipinski definition) is 5. The van der Waals surface area contributed by atoms with Gasteiger partial charge in [-0.25, -0.2) is 9.97 Å². The van der Waals surface area contributed by atoms with Crippen LogP contribution in [-0.4, -0.2) is 39.6 Å². The number of alkyl halides is 3. The molecule has 0 aliphatic heterocycles. The van der Waals surface area contributed by atoms with Crippen molar-refractivity contribution in [3.63, 3.8) is 0 Å². The third-order valence-electron chi connectivity index (χ3n) is 2.64. The van der Waals surface area contributed by atoms with E-state index in [2.05, 4.69) is 20.4 Å². The van der Waals surface area contributed by atoms with Gasteiger partial charge in [0.1, 0.15) is 12.4 Å². The van der Waals surface area contributed by atoms with Gasteiger partial charge >= 0.3 is 6.18 Å². The van der Waals surface area contributed by atoms with Crippen molar-refractivity contribution < 1.29 is 17.9 Å². The van der Waals surface area contributed by atoms with Gasteiger partial charge < -0.3 is 10.1 Å². The first-order valence-electron chi connectivity index (χ1n) is 5.91. The lowest BCUT2D eigenvalue weighted by molar-refractivity contribution is -0.146. The van der Waals surface area contributed by atoms with Crippen LogP contribution in [-0.2, 0) is 18.4 Å². The fourth-order valence-electron chi connectivity index (χ4n) is 1.67. The first kappa shape index (κ1) is 14.5. The summed E-state index contributed by atoms with van der Waals surface area (Å²) < 4.78 is 42.5. The lowest BCUT2D eigenvalue weighted by Gasteiger charge is -2.08. The van der Waals surface area contributed by atoms with E-state index in [1.54, 1.807) is 25.0 Å². The highest BCUT2D eigenvalue weighted by Crippen LogP contribution is 2.21. The molecule has 0 saturated carbocycles. The standard InChI is InChI=1S/C11H14F3N5O/c1-15-9-7-5-16-19(2)10(7)18-8(17-9)6-20-4-3-11(12,13)14/h5H,3-4,6H2,1-2H3,(H,15,17,18). The van der Waals surface area contributed by atoms with Crippen molar-refractivity contribution in [1.82, 2.24) is 19.7 Å². The summed E-state index contributed by atoms with van der Waals surface area (Å²) in [6.07, 6.45) is -3.59. The van der Waals surface area contributed by atoms with E-state index in [-0.39, 0.29) is 6.61 Å². The SMILES string of the molecule is CNc1nc(COCCC(F)(F)F)nc2c1cnn2C. The van der Waals surface area contributed by atoms with Gasteiger partial charge in [0.2, 0.25) is 0 Å². The molecule has 0 amide bonds. The van der Waals surface area contributed by atoms with Gasteiger partial charge in [-0.3, -0.25) is 4.68 Å². The third-order valence-corrected chi connectivity index (χ3v) is 2.64. The van der Waals surface area contributed by atoms with E-state index in [4.69, 9.17) is 4.74 Å². The summed E-state index contributed by atoms with van der Waals surface area (Å²) >= 11 is 0. The van der Waals surface area contributed by atoms with Gasteiger partial charge in [0, 0.05) is 14.1 Å². The molecular formula is C11H14F3N5O. The lowest BCUT2D eigenvalue weighted by Crippen LogP contribution is -2.12. The monoisotopic (exact) mass is 289 g/mol. The number of anilines is 1. The predicted octanol–water partition coefficient (Wildman–Crippen LogP) is 1.87. The molecule has 0 aromatic carbocycles. The summed E-state index contributed by atoms with van der Waals surface area (Å²) in [7, 11) is 3.42. The first-order valence-corrected chi connectivity index (χ1v) is 5.91. The number of aryl methyl sites for hydroxylation is 1. The first-order chi connectivity index (χ1) is 9.40. The average molecular weight is 289 g/mol. The molecule has 6 nitrogen and oxygen atoms in total. The summed E-state index contributed by atoms with van der Waals surface area (Å²) in [6, 6.07) is 0. The summed E-state index contributed by atoms with van der Waals surface area (Å²) in [5, 5.41) is 7.70. The molecule has 0 aliphatic rings. The van der Waals surface area contributed by atoms with Gasteiger partial charge in [0.25, 0.3) is 0 Å². The van der Waals surface area contributed by atoms with Gasteiger partial charge in [-0.1, -0.05) is 0 Å². The highest BCUT2D eigenvalue weighted by Gasteiger charge is 2.26. The van der Waals surface area contributed by atoms with Gasteiger partial charge in [-0.05, 0) is 0 Å². The van der Waals surface area contributed by atoms with E-state index in [9.17, 15) is 13.2 Å². The molecule has 110 valence electrons. The van der Waals surface area contributed by atoms with E-state index in [0.29, 0.717) is 17.3 Å². The maximum atomic E-state index is 12.0. The van der Waals surface area contributed by atoms with Crippen molar-refractivity contribution in [2.24, 2.45) is 7.05 Å². The van der Waals surface area contributed by atoms with Gasteiger partial charge in [0.05, 0.1) is 24.6 Å². The van der Waals surface area contributed by atoms with Crippen LogP contribution in [0.15, 0.2) is 6.20 Å². The number of fused-ring (bicyclic) bond motifs is 1. The highest BCUT2D eigenvalue weighted by atomic mass is 19.4. The van der Waals surface area contributed by atoms with Crippen LogP contribution in [0.4, 0.5) is 19.0 Å². The smallest absolute Gasteiger partial charge is 0.373 e. The van der Waals surface area contributed by atoms with Crippen LogP contribution in [0.2, 0.25) is 0 Å². The molecule has 2 heterocycles. The summed E-state index contributed by atoms with van der Waals surface area (Å²) in [4.78, 5) is 8.41. The minimum Gasteiger partial charge on any atom is -0.373 e. The van der Waals surface area contributed by atoms with Gasteiger partial charge in [0.15, 0.2) is 11.5 Å². The lowest BCUT2D eigenvalue weighted by atomic mass is 10.4. The zero-order valence-electron chi connectivity index (χ0n) is 11.0. The van der Waals surface area contributed by atoms with Crippen molar-refractivity contribution in [2.75, 3.05) is 19.0 Å². The number of rotatable bonds is 5. The molecule has 2 aromatic heterocycles. The number of nitrogens with one attached hydrogen (secondary N) is 1. The van der Waals surface area contributed by atoms with Crippen LogP contribution in [0.1, 0.15) is 12.2 Å². The summed E-state index contributed by atoms with van der Waals surface area (Å²) in [6.45, 7) is -0.489. The quantitative estimate of drug-likeness (QED) is 0.851. The number of ether oxygens (including phenoxy) is 1. The van der Waals surface area contributed by atoms with Crippen molar-refractivity contribution >= 4 is 16.9 Å². The Morgan fingerprint density at radius 1 is 1.35 bits per heavy atom. The second-order valence-corrected chi connectivity index (χ2v) is 4.16. The van der Waals surface area contributed by atoms with E-state index >= 15 is 0 Å². The van der Waals surface area contributed by atoms with Crippen LogP contribution in [0, 0.1) is 0 Å². The summed E-state index contributed by atoms with van der Waals surface area (Å²) in [5.41, 5.74) is 0.596. The Hall–Kier alpha value is -1.90. The molecule has 2 rings (SSSR count). The number of aromatic nitrogens is 4. The minimum atomic E-state index is -4.22. The molecule has 2 aromatic rings. The molecule has 0 fully saturated rings.